The molecule has 4 rings (SSSR count). The number of ether oxygens (including phenoxy) is 1. The molecule has 0 N–H and O–H groups in total. The normalized spacial score (nSPS) is 23.5. The van der Waals surface area contributed by atoms with Gasteiger partial charge in [-0.2, -0.15) is 22.0 Å². The summed E-state index contributed by atoms with van der Waals surface area (Å²) in [4.78, 5) is 18.5. The molecule has 2 fully saturated rings. The van der Waals surface area contributed by atoms with Crippen LogP contribution >= 0.6 is 11.3 Å². The summed E-state index contributed by atoms with van der Waals surface area (Å²) in [5.41, 5.74) is -0.444. The number of likely N-dealkylation sites (tertiary alicyclic amines) is 1. The van der Waals surface area contributed by atoms with Crippen molar-refractivity contribution < 1.29 is 39.9 Å². The van der Waals surface area contributed by atoms with Gasteiger partial charge in [0, 0.05) is 37.1 Å². The van der Waals surface area contributed by atoms with Crippen LogP contribution in [0.1, 0.15) is 41.3 Å². The molecule has 186 valence electrons. The predicted molar refractivity (Wildman–Crippen MR) is 113 cm³/mol. The quantitative estimate of drug-likeness (QED) is 0.524. The second kappa shape index (κ2) is 7.87. The molecule has 1 aliphatic carbocycles. The van der Waals surface area contributed by atoms with Crippen LogP contribution in [0.3, 0.4) is 0 Å². The van der Waals surface area contributed by atoms with E-state index < -0.39 is 45.1 Å². The number of carbonyl (C=O) groups is 1. The van der Waals surface area contributed by atoms with Crippen molar-refractivity contribution in [3.8, 4) is 5.75 Å². The van der Waals surface area contributed by atoms with Gasteiger partial charge in [-0.3, -0.25) is 4.79 Å². The van der Waals surface area contributed by atoms with E-state index >= 15 is 0 Å². The second-order valence-corrected chi connectivity index (χ2v) is 11.8. The molecule has 1 saturated heterocycles. The van der Waals surface area contributed by atoms with Crippen molar-refractivity contribution in [3.63, 3.8) is 0 Å². The molecule has 1 saturated carbocycles. The molecule has 1 aromatic heterocycles. The van der Waals surface area contributed by atoms with E-state index in [-0.39, 0.29) is 34.5 Å². The van der Waals surface area contributed by atoms with Crippen molar-refractivity contribution in [1.29, 1.82) is 0 Å². The fourth-order valence-corrected chi connectivity index (χ4v) is 5.69. The summed E-state index contributed by atoms with van der Waals surface area (Å²) in [5, 5.41) is 1.22. The van der Waals surface area contributed by atoms with Gasteiger partial charge in [0.2, 0.25) is 0 Å². The lowest BCUT2D eigenvalue weighted by molar-refractivity contribution is -0.189. The Bertz CT molecular complexity index is 1240. The lowest BCUT2D eigenvalue weighted by Crippen LogP contribution is -2.35. The van der Waals surface area contributed by atoms with Crippen molar-refractivity contribution in [1.82, 2.24) is 9.88 Å². The molecular weight excluding hydrogens is 503 g/mol. The standard InChI is InChI=1S/C21H21F5N2O4S2/c1-11(21(24,25)26)32-15-5-4-13(34(3,30)31)6-14(15)17(29)28-8-12-7-20(12,10-28)16-9-33-18(27-16)19(2,22)23/h4-6,9,11-12H,7-8,10H2,1-3H3. The summed E-state index contributed by atoms with van der Waals surface area (Å²) in [6.07, 6.45) is -5.37. The number of rotatable bonds is 6. The molecule has 0 radical (unpaired) electrons. The first-order valence-corrected chi connectivity index (χ1v) is 13.0. The Balaban J connectivity index is 1.63. The molecule has 2 aromatic rings. The van der Waals surface area contributed by atoms with Crippen LogP contribution in [0.4, 0.5) is 22.0 Å². The van der Waals surface area contributed by atoms with E-state index in [9.17, 15) is 35.2 Å². The minimum atomic E-state index is -4.70. The zero-order chi connectivity index (χ0) is 25.3. The lowest BCUT2D eigenvalue weighted by atomic mass is 10.0. The summed E-state index contributed by atoms with van der Waals surface area (Å²) in [6.45, 7) is 1.90. The summed E-state index contributed by atoms with van der Waals surface area (Å²) in [5.74, 6) is -4.21. The van der Waals surface area contributed by atoms with E-state index in [0.717, 1.165) is 49.6 Å². The number of alkyl halides is 5. The maximum atomic E-state index is 13.6. The third-order valence-electron chi connectivity index (χ3n) is 6.20. The Morgan fingerprint density at radius 2 is 1.97 bits per heavy atom. The van der Waals surface area contributed by atoms with E-state index in [0.29, 0.717) is 12.1 Å². The summed E-state index contributed by atoms with van der Waals surface area (Å²) in [6, 6.07) is 3.12. The van der Waals surface area contributed by atoms with Crippen LogP contribution in [0.5, 0.6) is 5.75 Å². The molecule has 13 heteroatoms. The zero-order valence-electron chi connectivity index (χ0n) is 18.3. The summed E-state index contributed by atoms with van der Waals surface area (Å²) < 4.78 is 95.3. The third-order valence-corrected chi connectivity index (χ3v) is 8.32. The number of halogens is 5. The maximum Gasteiger partial charge on any atom is 0.425 e. The molecule has 3 atom stereocenters. The molecule has 1 amide bonds. The summed E-state index contributed by atoms with van der Waals surface area (Å²) >= 11 is 0.833. The highest BCUT2D eigenvalue weighted by atomic mass is 32.2. The SMILES string of the molecule is CC(Oc1ccc(S(C)(=O)=O)cc1C(=O)N1CC2CC2(c2csc(C(C)(F)F)n2)C1)C(F)(F)F. The van der Waals surface area contributed by atoms with Crippen LogP contribution < -0.4 is 4.74 Å². The van der Waals surface area contributed by atoms with Crippen LogP contribution in [0.2, 0.25) is 0 Å². The van der Waals surface area contributed by atoms with Crippen LogP contribution in [0.25, 0.3) is 0 Å². The number of benzene rings is 1. The number of nitrogens with zero attached hydrogens (tertiary/aromatic N) is 2. The topological polar surface area (TPSA) is 76.6 Å². The highest BCUT2D eigenvalue weighted by Gasteiger charge is 2.63. The van der Waals surface area contributed by atoms with Gasteiger partial charge in [-0.1, -0.05) is 0 Å². The smallest absolute Gasteiger partial charge is 0.425 e. The van der Waals surface area contributed by atoms with Crippen molar-refractivity contribution in [2.75, 3.05) is 19.3 Å². The fraction of sp³-hybridized carbons (Fsp3) is 0.524. The van der Waals surface area contributed by atoms with E-state index in [2.05, 4.69) is 4.98 Å². The largest absolute Gasteiger partial charge is 0.480 e. The molecule has 34 heavy (non-hydrogen) atoms. The Hall–Kier alpha value is -2.28. The third kappa shape index (κ3) is 4.51. The second-order valence-electron chi connectivity index (χ2n) is 8.90. The van der Waals surface area contributed by atoms with Gasteiger partial charge in [0.25, 0.3) is 11.8 Å². The number of aromatic nitrogens is 1. The number of hydrogen-bond acceptors (Lipinski definition) is 6. The molecule has 1 aliphatic heterocycles. The number of thiazole rings is 1. The molecule has 6 nitrogen and oxygen atoms in total. The zero-order valence-corrected chi connectivity index (χ0v) is 20.0. The lowest BCUT2D eigenvalue weighted by Gasteiger charge is -2.24. The molecule has 1 aromatic carbocycles. The molecule has 2 aliphatic rings. The first-order chi connectivity index (χ1) is 15.5. The number of sulfone groups is 1. The minimum Gasteiger partial charge on any atom is -0.480 e. The fourth-order valence-electron chi connectivity index (χ4n) is 4.18. The van der Waals surface area contributed by atoms with Gasteiger partial charge in [0.15, 0.2) is 20.9 Å². The van der Waals surface area contributed by atoms with Crippen LogP contribution in [0, 0.1) is 5.92 Å². The molecular formula is C21H21F5N2O4S2. The maximum absolute atomic E-state index is 13.6. The Kier molecular flexibility index (Phi) is 5.75. The number of carbonyl (C=O) groups excluding carboxylic acids is 1. The van der Waals surface area contributed by atoms with Crippen LogP contribution in [0.15, 0.2) is 28.5 Å². The van der Waals surface area contributed by atoms with Crippen LogP contribution in [-0.4, -0.2) is 55.8 Å². The molecule has 2 heterocycles. The van der Waals surface area contributed by atoms with Gasteiger partial charge in [-0.25, -0.2) is 13.4 Å². The van der Waals surface area contributed by atoms with Gasteiger partial charge in [0.05, 0.1) is 16.2 Å². The highest BCUT2D eigenvalue weighted by Crippen LogP contribution is 2.59. The predicted octanol–water partition coefficient (Wildman–Crippen LogP) is 4.40. The Morgan fingerprint density at radius 3 is 2.53 bits per heavy atom. The first-order valence-electron chi connectivity index (χ1n) is 10.2. The highest BCUT2D eigenvalue weighted by molar-refractivity contribution is 7.90. The summed E-state index contributed by atoms with van der Waals surface area (Å²) in [7, 11) is -3.75. The number of hydrogen-bond donors (Lipinski definition) is 0. The number of piperidine rings is 1. The number of amides is 1. The Labute approximate surface area is 196 Å². The van der Waals surface area contributed by atoms with Crippen LogP contribution in [-0.2, 0) is 21.2 Å². The first kappa shape index (κ1) is 24.8. The molecule has 0 spiro atoms. The van der Waals surface area contributed by atoms with E-state index in [1.807, 2.05) is 0 Å². The van der Waals surface area contributed by atoms with Gasteiger partial charge in [0.1, 0.15) is 5.75 Å². The van der Waals surface area contributed by atoms with Crippen molar-refractivity contribution in [2.45, 2.75) is 48.8 Å². The Morgan fingerprint density at radius 1 is 1.29 bits per heavy atom. The van der Waals surface area contributed by atoms with Gasteiger partial charge in [-0.15, -0.1) is 11.3 Å². The van der Waals surface area contributed by atoms with E-state index in [4.69, 9.17) is 4.74 Å². The minimum absolute atomic E-state index is 0.0339. The van der Waals surface area contributed by atoms with Gasteiger partial charge >= 0.3 is 6.18 Å². The van der Waals surface area contributed by atoms with Crippen molar-refractivity contribution in [2.24, 2.45) is 5.92 Å². The van der Waals surface area contributed by atoms with Gasteiger partial charge < -0.3 is 9.64 Å². The molecule has 0 bridgehead atoms. The van der Waals surface area contributed by atoms with Gasteiger partial charge in [-0.05, 0) is 37.5 Å². The average Bonchev–Trinajstić information content (AvgIpc) is 3.07. The van der Waals surface area contributed by atoms with Crippen molar-refractivity contribution in [3.05, 3.63) is 39.8 Å². The number of fused-ring (bicyclic) bond motifs is 1. The van der Waals surface area contributed by atoms with E-state index in [1.54, 1.807) is 5.38 Å². The average molecular weight is 525 g/mol. The van der Waals surface area contributed by atoms with Crippen molar-refractivity contribution >= 4 is 27.1 Å². The molecule has 3 unspecified atom stereocenters. The van der Waals surface area contributed by atoms with E-state index in [1.165, 1.54) is 4.90 Å². The monoisotopic (exact) mass is 524 g/mol.